The smallest absolute Gasteiger partial charge is 0.417 e. The minimum absolute atomic E-state index is 0.0830. The van der Waals surface area contributed by atoms with E-state index in [4.69, 9.17) is 23.7 Å². The Morgan fingerprint density at radius 1 is 1.18 bits per heavy atom. The first-order valence-electron chi connectivity index (χ1n) is 13.1. The van der Waals surface area contributed by atoms with Gasteiger partial charge in [-0.15, -0.1) is 0 Å². The molecule has 0 bridgehead atoms. The highest BCUT2D eigenvalue weighted by Gasteiger charge is 2.54. The van der Waals surface area contributed by atoms with Gasteiger partial charge in [0.2, 0.25) is 0 Å². The average molecular weight is 546 g/mol. The van der Waals surface area contributed by atoms with Gasteiger partial charge < -0.3 is 28.8 Å². The number of methoxy groups -OCH3 is 1. The molecule has 0 aliphatic carbocycles. The Labute approximate surface area is 229 Å². The van der Waals surface area contributed by atoms with Crippen molar-refractivity contribution < 1.29 is 43.2 Å². The number of imide groups is 1. The van der Waals surface area contributed by atoms with Gasteiger partial charge in [0.05, 0.1) is 32.5 Å². The molecule has 2 aliphatic rings. The molecule has 214 valence electrons. The van der Waals surface area contributed by atoms with Gasteiger partial charge in [0.25, 0.3) is 5.91 Å². The third-order valence-corrected chi connectivity index (χ3v) is 6.58. The van der Waals surface area contributed by atoms with Gasteiger partial charge in [-0.2, -0.15) is 0 Å². The fourth-order valence-electron chi connectivity index (χ4n) is 4.85. The molecule has 39 heavy (non-hydrogen) atoms. The van der Waals surface area contributed by atoms with Gasteiger partial charge in [-0.3, -0.25) is 9.59 Å². The minimum Gasteiger partial charge on any atom is -0.479 e. The van der Waals surface area contributed by atoms with Gasteiger partial charge in [0.1, 0.15) is 17.5 Å². The molecule has 0 saturated carbocycles. The fourth-order valence-corrected chi connectivity index (χ4v) is 4.85. The molecule has 0 aromatic heterocycles. The van der Waals surface area contributed by atoms with Crippen LogP contribution >= 0.6 is 0 Å². The largest absolute Gasteiger partial charge is 0.479 e. The maximum atomic E-state index is 13.4. The predicted molar refractivity (Wildman–Crippen MR) is 141 cm³/mol. The fraction of sp³-hybridized carbons (Fsp3) is 0.552. The van der Waals surface area contributed by atoms with Crippen molar-refractivity contribution in [2.45, 2.75) is 70.7 Å². The molecule has 3 rings (SSSR count). The van der Waals surface area contributed by atoms with E-state index in [9.17, 15) is 19.5 Å². The number of nitrogens with zero attached hydrogens (tertiary/aromatic N) is 1. The van der Waals surface area contributed by atoms with Crippen LogP contribution in [-0.4, -0.2) is 84.7 Å². The van der Waals surface area contributed by atoms with E-state index in [0.717, 1.165) is 10.5 Å². The predicted octanol–water partition coefficient (Wildman–Crippen LogP) is 3.18. The molecule has 10 nitrogen and oxygen atoms in total. The van der Waals surface area contributed by atoms with Crippen molar-refractivity contribution in [1.82, 2.24) is 4.90 Å². The standard InChI is InChI=1S/C29H39NO9/c1-19(2)26-29(3,4)39-28(34)30(26)27(33)25(35-5)24-23(32)14-13-21(38-24)12-9-15-36-18-22(16-31)37-17-20-10-7-6-8-11-20/h6-8,10-14,19,22,24-26,31H,9,15-18H2,1-5H3/t22-,24-,25-,26-/m1/s1. The topological polar surface area (TPSA) is 121 Å². The van der Waals surface area contributed by atoms with Crippen molar-refractivity contribution in [3.05, 3.63) is 59.9 Å². The zero-order chi connectivity index (χ0) is 28.6. The zero-order valence-electron chi connectivity index (χ0n) is 23.2. The number of hydrogen-bond acceptors (Lipinski definition) is 9. The second kappa shape index (κ2) is 13.8. The highest BCUT2D eigenvalue weighted by atomic mass is 16.6. The summed E-state index contributed by atoms with van der Waals surface area (Å²) in [4.78, 5) is 39.8. The van der Waals surface area contributed by atoms with E-state index >= 15 is 0 Å². The van der Waals surface area contributed by atoms with E-state index in [1.807, 2.05) is 44.2 Å². The Morgan fingerprint density at radius 3 is 2.54 bits per heavy atom. The highest BCUT2D eigenvalue weighted by molar-refractivity contribution is 6.03. The summed E-state index contributed by atoms with van der Waals surface area (Å²) in [6.45, 7) is 8.01. The number of benzene rings is 1. The molecule has 4 atom stereocenters. The summed E-state index contributed by atoms with van der Waals surface area (Å²) in [5.41, 5.74) is 0.118. The zero-order valence-corrected chi connectivity index (χ0v) is 23.2. The summed E-state index contributed by atoms with van der Waals surface area (Å²) in [6.07, 6.45) is 1.19. The summed E-state index contributed by atoms with van der Waals surface area (Å²) in [6, 6.07) is 9.12. The normalized spacial score (nSPS) is 23.2. The van der Waals surface area contributed by atoms with Gasteiger partial charge >= 0.3 is 6.09 Å². The Morgan fingerprint density at radius 2 is 1.90 bits per heavy atom. The third-order valence-electron chi connectivity index (χ3n) is 6.58. The lowest BCUT2D eigenvalue weighted by Crippen LogP contribution is -2.55. The van der Waals surface area contributed by atoms with E-state index in [0.29, 0.717) is 25.4 Å². The van der Waals surface area contributed by atoms with Gasteiger partial charge in [0.15, 0.2) is 18.0 Å². The van der Waals surface area contributed by atoms with Crippen LogP contribution in [0.1, 0.15) is 39.7 Å². The van der Waals surface area contributed by atoms with E-state index in [2.05, 4.69) is 0 Å². The molecule has 2 heterocycles. The Bertz CT molecular complexity index is 1050. The molecule has 0 unspecified atom stereocenters. The van der Waals surface area contributed by atoms with Gasteiger partial charge in [-0.25, -0.2) is 9.69 Å². The van der Waals surface area contributed by atoms with Crippen LogP contribution in [0.4, 0.5) is 4.79 Å². The van der Waals surface area contributed by atoms with Crippen LogP contribution in [0.25, 0.3) is 0 Å². The highest BCUT2D eigenvalue weighted by Crippen LogP contribution is 2.35. The summed E-state index contributed by atoms with van der Waals surface area (Å²) in [5, 5.41) is 9.56. The Balaban J connectivity index is 1.55. The molecule has 0 spiro atoms. The average Bonchev–Trinajstić information content (AvgIpc) is 3.16. The van der Waals surface area contributed by atoms with Gasteiger partial charge in [-0.1, -0.05) is 44.2 Å². The number of carbonyl (C=O) groups is 3. The number of aliphatic hydroxyl groups is 1. The van der Waals surface area contributed by atoms with E-state index in [-0.39, 0.29) is 19.1 Å². The van der Waals surface area contributed by atoms with Crippen molar-refractivity contribution in [3.8, 4) is 0 Å². The Kier molecular flexibility index (Phi) is 10.8. The van der Waals surface area contributed by atoms with Crippen molar-refractivity contribution in [2.24, 2.45) is 5.92 Å². The summed E-state index contributed by atoms with van der Waals surface area (Å²) >= 11 is 0. The maximum Gasteiger partial charge on any atom is 0.417 e. The van der Waals surface area contributed by atoms with Crippen LogP contribution in [0.2, 0.25) is 0 Å². The molecule has 0 radical (unpaired) electrons. The van der Waals surface area contributed by atoms with Crippen LogP contribution in [0.3, 0.4) is 0 Å². The van der Waals surface area contributed by atoms with Gasteiger partial charge in [-0.05, 0) is 50.0 Å². The second-order valence-corrected chi connectivity index (χ2v) is 10.4. The van der Waals surface area contributed by atoms with Crippen molar-refractivity contribution >= 4 is 17.8 Å². The number of amides is 2. The number of ketones is 1. The SMILES string of the molecule is CO[C@@H](C(=O)N1C(=O)OC(C)(C)[C@H]1C(C)C)[C@@H]1OC(=CCCOC[C@@H](CO)OCc2ccccc2)C=CC1=O. The molecule has 2 amide bonds. The van der Waals surface area contributed by atoms with Gasteiger partial charge in [0, 0.05) is 7.11 Å². The lowest BCUT2D eigenvalue weighted by atomic mass is 9.88. The molecule has 1 fully saturated rings. The van der Waals surface area contributed by atoms with Crippen molar-refractivity contribution in [1.29, 1.82) is 0 Å². The molecule has 2 aliphatic heterocycles. The molecular weight excluding hydrogens is 506 g/mol. The van der Waals surface area contributed by atoms with Crippen LogP contribution < -0.4 is 0 Å². The first-order valence-corrected chi connectivity index (χ1v) is 13.1. The second-order valence-electron chi connectivity index (χ2n) is 10.4. The number of ether oxygens (including phenoxy) is 5. The van der Waals surface area contributed by atoms with E-state index < -0.39 is 47.7 Å². The number of carbonyl (C=O) groups excluding carboxylic acids is 3. The molecule has 1 saturated heterocycles. The molecule has 10 heteroatoms. The monoisotopic (exact) mass is 545 g/mol. The lowest BCUT2D eigenvalue weighted by molar-refractivity contribution is -0.154. The minimum atomic E-state index is -1.34. The van der Waals surface area contributed by atoms with Crippen LogP contribution in [-0.2, 0) is 39.9 Å². The van der Waals surface area contributed by atoms with E-state index in [1.165, 1.54) is 19.3 Å². The molecular formula is C29H39NO9. The number of rotatable bonds is 13. The lowest BCUT2D eigenvalue weighted by Gasteiger charge is -2.34. The number of hydrogen-bond donors (Lipinski definition) is 1. The molecule has 1 N–H and O–H groups in total. The van der Waals surface area contributed by atoms with Crippen molar-refractivity contribution in [3.63, 3.8) is 0 Å². The molecule has 1 aromatic carbocycles. The summed E-state index contributed by atoms with van der Waals surface area (Å²) < 4.78 is 28.0. The van der Waals surface area contributed by atoms with Crippen LogP contribution in [0, 0.1) is 5.92 Å². The van der Waals surface area contributed by atoms with Crippen LogP contribution in [0.5, 0.6) is 0 Å². The third kappa shape index (κ3) is 7.76. The maximum absolute atomic E-state index is 13.4. The number of cyclic esters (lactones) is 1. The first-order chi connectivity index (χ1) is 18.6. The number of allylic oxidation sites excluding steroid dienone is 1. The van der Waals surface area contributed by atoms with Crippen LogP contribution in [0.15, 0.2) is 54.3 Å². The number of aliphatic hydroxyl groups excluding tert-OH is 1. The molecule has 1 aromatic rings. The Hall–Kier alpha value is -3.05. The first kappa shape index (κ1) is 30.5. The van der Waals surface area contributed by atoms with Crippen molar-refractivity contribution in [2.75, 3.05) is 26.9 Å². The summed E-state index contributed by atoms with van der Waals surface area (Å²) in [7, 11) is 1.29. The summed E-state index contributed by atoms with van der Waals surface area (Å²) in [5.74, 6) is -0.839. The van der Waals surface area contributed by atoms with E-state index in [1.54, 1.807) is 19.9 Å². The quantitative estimate of drug-likeness (QED) is 0.373.